The van der Waals surface area contributed by atoms with Crippen LogP contribution in [0.5, 0.6) is 0 Å². The minimum Gasteiger partial charge on any atom is -0.455 e. The van der Waals surface area contributed by atoms with E-state index < -0.39 is 11.8 Å². The predicted molar refractivity (Wildman–Crippen MR) is 96.8 cm³/mol. The van der Waals surface area contributed by atoms with Gasteiger partial charge in [-0.05, 0) is 34.4 Å². The Morgan fingerprint density at radius 3 is 2.19 bits per heavy atom. The summed E-state index contributed by atoms with van der Waals surface area (Å²) in [6, 6.07) is 22.6. The number of esters is 1. The molecule has 3 rings (SSSR count). The standard InChI is InChI=1S/C22H17FO3/c23-20-8-4-7-19(14-20)18-11-9-16(10-12-18)13-21(24)22(25)26-15-17-5-2-1-3-6-17/h1-12,14H,13,15H2. The Balaban J connectivity index is 1.58. The van der Waals surface area contributed by atoms with Crippen molar-refractivity contribution in [3.05, 3.63) is 95.8 Å². The summed E-state index contributed by atoms with van der Waals surface area (Å²) in [6.45, 7) is 0.0733. The number of ether oxygens (including phenoxy) is 1. The van der Waals surface area contributed by atoms with Gasteiger partial charge in [-0.2, -0.15) is 0 Å². The fraction of sp³-hybridized carbons (Fsp3) is 0.0909. The zero-order valence-electron chi connectivity index (χ0n) is 14.0. The summed E-state index contributed by atoms with van der Waals surface area (Å²) in [5.41, 5.74) is 3.12. The minimum absolute atomic E-state index is 0.0307. The van der Waals surface area contributed by atoms with Gasteiger partial charge in [-0.15, -0.1) is 0 Å². The van der Waals surface area contributed by atoms with Crippen LogP contribution in [0.4, 0.5) is 4.39 Å². The minimum atomic E-state index is -0.844. The fourth-order valence-electron chi connectivity index (χ4n) is 2.54. The monoisotopic (exact) mass is 348 g/mol. The summed E-state index contributed by atoms with van der Waals surface area (Å²) in [5.74, 6) is -1.74. The van der Waals surface area contributed by atoms with Gasteiger partial charge in [0.25, 0.3) is 0 Å². The van der Waals surface area contributed by atoms with Gasteiger partial charge in [0, 0.05) is 6.42 Å². The number of rotatable bonds is 6. The Labute approximate surface area is 151 Å². The van der Waals surface area contributed by atoms with E-state index in [1.54, 1.807) is 30.3 Å². The van der Waals surface area contributed by atoms with Crippen molar-refractivity contribution in [2.45, 2.75) is 13.0 Å². The van der Waals surface area contributed by atoms with Gasteiger partial charge in [0.2, 0.25) is 5.78 Å². The number of carbonyl (C=O) groups excluding carboxylic acids is 2. The molecule has 0 aliphatic heterocycles. The summed E-state index contributed by atoms with van der Waals surface area (Å²) >= 11 is 0. The molecule has 0 bridgehead atoms. The summed E-state index contributed by atoms with van der Waals surface area (Å²) in [6.07, 6.45) is -0.0307. The second-order valence-corrected chi connectivity index (χ2v) is 5.87. The van der Waals surface area contributed by atoms with Crippen molar-refractivity contribution in [3.8, 4) is 11.1 Å². The maximum atomic E-state index is 13.3. The zero-order chi connectivity index (χ0) is 18.4. The van der Waals surface area contributed by atoms with Crippen molar-refractivity contribution < 1.29 is 18.7 Å². The average Bonchev–Trinajstić information content (AvgIpc) is 2.67. The van der Waals surface area contributed by atoms with Crippen molar-refractivity contribution >= 4 is 11.8 Å². The molecule has 0 aromatic heterocycles. The Hall–Kier alpha value is -3.27. The molecule has 0 unspecified atom stereocenters. The molecule has 0 saturated carbocycles. The van der Waals surface area contributed by atoms with Crippen LogP contribution in [-0.4, -0.2) is 11.8 Å². The molecule has 4 heteroatoms. The van der Waals surface area contributed by atoms with Crippen LogP contribution in [0.2, 0.25) is 0 Å². The number of hydrogen-bond acceptors (Lipinski definition) is 3. The molecule has 0 aliphatic carbocycles. The largest absolute Gasteiger partial charge is 0.455 e. The molecule has 3 aromatic carbocycles. The number of hydrogen-bond donors (Lipinski definition) is 0. The quantitative estimate of drug-likeness (QED) is 0.491. The van der Waals surface area contributed by atoms with Gasteiger partial charge in [-0.25, -0.2) is 9.18 Å². The summed E-state index contributed by atoms with van der Waals surface area (Å²) < 4.78 is 18.3. The van der Waals surface area contributed by atoms with Gasteiger partial charge < -0.3 is 4.74 Å². The molecule has 3 nitrogen and oxygen atoms in total. The number of carbonyl (C=O) groups is 2. The molecule has 0 atom stereocenters. The highest BCUT2D eigenvalue weighted by Gasteiger charge is 2.16. The summed E-state index contributed by atoms with van der Waals surface area (Å²) in [7, 11) is 0. The highest BCUT2D eigenvalue weighted by molar-refractivity contribution is 6.34. The van der Waals surface area contributed by atoms with E-state index in [1.165, 1.54) is 12.1 Å². The van der Waals surface area contributed by atoms with E-state index in [1.807, 2.05) is 36.4 Å². The fourth-order valence-corrected chi connectivity index (χ4v) is 2.54. The first kappa shape index (κ1) is 17.5. The topological polar surface area (TPSA) is 43.4 Å². The van der Waals surface area contributed by atoms with Gasteiger partial charge in [0.1, 0.15) is 12.4 Å². The second-order valence-electron chi connectivity index (χ2n) is 5.87. The third kappa shape index (κ3) is 4.63. The molecule has 3 aromatic rings. The van der Waals surface area contributed by atoms with Crippen molar-refractivity contribution in [1.29, 1.82) is 0 Å². The van der Waals surface area contributed by atoms with Crippen molar-refractivity contribution in [2.24, 2.45) is 0 Å². The SMILES string of the molecule is O=C(Cc1ccc(-c2cccc(F)c2)cc1)C(=O)OCc1ccccc1. The lowest BCUT2D eigenvalue weighted by Gasteiger charge is -2.06. The van der Waals surface area contributed by atoms with E-state index in [2.05, 4.69) is 0 Å². The molecule has 0 N–H and O–H groups in total. The smallest absolute Gasteiger partial charge is 0.375 e. The van der Waals surface area contributed by atoms with E-state index >= 15 is 0 Å². The second kappa shape index (κ2) is 8.21. The van der Waals surface area contributed by atoms with Gasteiger partial charge in [-0.1, -0.05) is 66.7 Å². The number of ketones is 1. The van der Waals surface area contributed by atoms with Crippen LogP contribution in [0, 0.1) is 5.82 Å². The molecule has 0 radical (unpaired) electrons. The van der Waals surface area contributed by atoms with Crippen molar-refractivity contribution in [1.82, 2.24) is 0 Å². The Kier molecular flexibility index (Phi) is 5.54. The van der Waals surface area contributed by atoms with Crippen LogP contribution in [0.1, 0.15) is 11.1 Å². The summed E-state index contributed by atoms with van der Waals surface area (Å²) in [4.78, 5) is 23.8. The lowest BCUT2D eigenvalue weighted by atomic mass is 10.0. The number of halogens is 1. The summed E-state index contributed by atoms with van der Waals surface area (Å²) in [5, 5.41) is 0. The van der Waals surface area contributed by atoms with Crippen LogP contribution in [0.3, 0.4) is 0 Å². The van der Waals surface area contributed by atoms with Crippen LogP contribution < -0.4 is 0 Å². The molecule has 0 saturated heterocycles. The first-order valence-electron chi connectivity index (χ1n) is 8.20. The predicted octanol–water partition coefficient (Wildman–Crippen LogP) is 4.35. The molecule has 0 heterocycles. The molecular weight excluding hydrogens is 331 g/mol. The van der Waals surface area contributed by atoms with Crippen LogP contribution >= 0.6 is 0 Å². The third-order valence-corrected chi connectivity index (χ3v) is 3.92. The van der Waals surface area contributed by atoms with Gasteiger partial charge in [0.05, 0.1) is 0 Å². The average molecular weight is 348 g/mol. The molecule has 26 heavy (non-hydrogen) atoms. The van der Waals surface area contributed by atoms with Gasteiger partial charge >= 0.3 is 5.97 Å². The highest BCUT2D eigenvalue weighted by Crippen LogP contribution is 2.20. The number of benzene rings is 3. The zero-order valence-corrected chi connectivity index (χ0v) is 14.0. The van der Waals surface area contributed by atoms with E-state index in [0.717, 1.165) is 16.7 Å². The van der Waals surface area contributed by atoms with Crippen LogP contribution in [0.15, 0.2) is 78.9 Å². The van der Waals surface area contributed by atoms with Crippen LogP contribution in [0.25, 0.3) is 11.1 Å². The molecule has 130 valence electrons. The molecule has 0 amide bonds. The van der Waals surface area contributed by atoms with E-state index in [4.69, 9.17) is 4.74 Å². The van der Waals surface area contributed by atoms with Crippen molar-refractivity contribution in [3.63, 3.8) is 0 Å². The number of Topliss-reactive ketones (excluding diaryl/α,β-unsaturated/α-hetero) is 1. The Morgan fingerprint density at radius 1 is 0.769 bits per heavy atom. The third-order valence-electron chi connectivity index (χ3n) is 3.92. The first-order chi connectivity index (χ1) is 12.6. The molecule has 0 aliphatic rings. The van der Waals surface area contributed by atoms with E-state index in [0.29, 0.717) is 5.56 Å². The first-order valence-corrected chi connectivity index (χ1v) is 8.20. The Bertz CT molecular complexity index is 902. The van der Waals surface area contributed by atoms with Crippen LogP contribution in [-0.2, 0) is 27.4 Å². The van der Waals surface area contributed by atoms with Gasteiger partial charge in [0.15, 0.2) is 0 Å². The maximum absolute atomic E-state index is 13.3. The normalized spacial score (nSPS) is 10.3. The lowest BCUT2D eigenvalue weighted by molar-refractivity contribution is -0.154. The van der Waals surface area contributed by atoms with E-state index in [-0.39, 0.29) is 18.8 Å². The Morgan fingerprint density at radius 2 is 1.50 bits per heavy atom. The van der Waals surface area contributed by atoms with Crippen molar-refractivity contribution in [2.75, 3.05) is 0 Å². The highest BCUT2D eigenvalue weighted by atomic mass is 19.1. The lowest BCUT2D eigenvalue weighted by Crippen LogP contribution is -2.19. The molecular formula is C22H17FO3. The maximum Gasteiger partial charge on any atom is 0.375 e. The van der Waals surface area contributed by atoms with Gasteiger partial charge in [-0.3, -0.25) is 4.79 Å². The van der Waals surface area contributed by atoms with E-state index in [9.17, 15) is 14.0 Å². The molecule has 0 fully saturated rings. The molecule has 0 spiro atoms.